The second-order valence-electron chi connectivity index (χ2n) is 4.25. The largest absolute Gasteiger partial charge is 0.370 e. The van der Waals surface area contributed by atoms with Crippen LogP contribution in [0.3, 0.4) is 0 Å². The molecule has 100 valence electrons. The first kappa shape index (κ1) is 15.2. The van der Waals surface area contributed by atoms with E-state index in [0.717, 1.165) is 0 Å². The van der Waals surface area contributed by atoms with Gasteiger partial charge in [0.25, 0.3) is 0 Å². The van der Waals surface area contributed by atoms with Crippen LogP contribution in [0, 0.1) is 5.82 Å². The van der Waals surface area contributed by atoms with Crippen LogP contribution >= 0.6 is 23.2 Å². The summed E-state index contributed by atoms with van der Waals surface area (Å²) in [6, 6.07) is 2.33. The summed E-state index contributed by atoms with van der Waals surface area (Å²) in [6.07, 6.45) is 0.206. The van der Waals surface area contributed by atoms with Crippen molar-refractivity contribution in [3.05, 3.63) is 33.6 Å². The van der Waals surface area contributed by atoms with Gasteiger partial charge in [-0.05, 0) is 31.5 Å². The zero-order valence-electron chi connectivity index (χ0n) is 10.1. The molecule has 1 amide bonds. The molecule has 0 radical (unpaired) electrons. The Kier molecular flexibility index (Phi) is 5.38. The van der Waals surface area contributed by atoms with Crippen LogP contribution in [0.5, 0.6) is 0 Å². The molecule has 1 rings (SSSR count). The van der Waals surface area contributed by atoms with Crippen molar-refractivity contribution in [2.75, 3.05) is 0 Å². The van der Waals surface area contributed by atoms with Gasteiger partial charge in [0.15, 0.2) is 0 Å². The minimum absolute atomic E-state index is 0.0128. The van der Waals surface area contributed by atoms with Gasteiger partial charge < -0.3 is 11.1 Å². The molecule has 0 heterocycles. The lowest BCUT2D eigenvalue weighted by Crippen LogP contribution is -2.33. The van der Waals surface area contributed by atoms with E-state index in [-0.39, 0.29) is 23.5 Å². The van der Waals surface area contributed by atoms with Gasteiger partial charge in [0, 0.05) is 23.5 Å². The quantitative estimate of drug-likeness (QED) is 0.820. The number of hydrogen-bond donors (Lipinski definition) is 2. The molecule has 0 aliphatic rings. The zero-order chi connectivity index (χ0) is 13.9. The van der Waals surface area contributed by atoms with Crippen LogP contribution in [0.2, 0.25) is 10.0 Å². The molecule has 0 aliphatic carbocycles. The summed E-state index contributed by atoms with van der Waals surface area (Å²) in [5.41, 5.74) is 5.69. The average molecular weight is 293 g/mol. The number of primary amides is 1. The summed E-state index contributed by atoms with van der Waals surface area (Å²) in [4.78, 5) is 10.8. The predicted octanol–water partition coefficient (Wildman–Crippen LogP) is 3.05. The number of rotatable bonds is 5. The maximum atomic E-state index is 13.4. The normalized spacial score (nSPS) is 14.3. The van der Waals surface area contributed by atoms with E-state index in [4.69, 9.17) is 28.9 Å². The first-order valence-corrected chi connectivity index (χ1v) is 6.25. The maximum absolute atomic E-state index is 13.4. The Hall–Kier alpha value is -0.840. The highest BCUT2D eigenvalue weighted by Crippen LogP contribution is 2.28. The molecule has 0 aromatic heterocycles. The van der Waals surface area contributed by atoms with Crippen LogP contribution in [0.4, 0.5) is 4.39 Å². The van der Waals surface area contributed by atoms with E-state index >= 15 is 0 Å². The van der Waals surface area contributed by atoms with Crippen LogP contribution in [0.25, 0.3) is 0 Å². The third kappa shape index (κ3) is 4.12. The fourth-order valence-electron chi connectivity index (χ4n) is 1.75. The smallest absolute Gasteiger partial charge is 0.218 e. The summed E-state index contributed by atoms with van der Waals surface area (Å²) in [5, 5.41) is 3.49. The van der Waals surface area contributed by atoms with Crippen molar-refractivity contribution < 1.29 is 9.18 Å². The molecule has 6 heteroatoms. The van der Waals surface area contributed by atoms with Gasteiger partial charge >= 0.3 is 0 Å². The number of halogens is 3. The fraction of sp³-hybridized carbons (Fsp3) is 0.417. The third-order valence-corrected chi connectivity index (χ3v) is 3.16. The Bertz CT molecular complexity index is 454. The van der Waals surface area contributed by atoms with Gasteiger partial charge in [0.05, 0.1) is 5.02 Å². The van der Waals surface area contributed by atoms with E-state index in [1.165, 1.54) is 12.1 Å². The van der Waals surface area contributed by atoms with Gasteiger partial charge in [-0.1, -0.05) is 23.2 Å². The average Bonchev–Trinajstić information content (AvgIpc) is 2.21. The van der Waals surface area contributed by atoms with Gasteiger partial charge in [0.1, 0.15) is 5.82 Å². The summed E-state index contributed by atoms with van der Waals surface area (Å²) in [5.74, 6) is -0.914. The van der Waals surface area contributed by atoms with Crippen molar-refractivity contribution in [1.82, 2.24) is 5.32 Å². The Morgan fingerprint density at radius 2 is 2.00 bits per heavy atom. The van der Waals surface area contributed by atoms with Gasteiger partial charge in [-0.2, -0.15) is 0 Å². The van der Waals surface area contributed by atoms with Gasteiger partial charge in [-0.15, -0.1) is 0 Å². The summed E-state index contributed by atoms with van der Waals surface area (Å²) in [6.45, 7) is 3.65. The van der Waals surface area contributed by atoms with Gasteiger partial charge in [0.2, 0.25) is 5.91 Å². The molecule has 2 unspecified atom stereocenters. The van der Waals surface area contributed by atoms with E-state index in [1.807, 2.05) is 13.8 Å². The van der Waals surface area contributed by atoms with Gasteiger partial charge in [-0.3, -0.25) is 4.79 Å². The number of nitrogens with one attached hydrogen (secondary N) is 1. The second kappa shape index (κ2) is 6.36. The molecule has 0 saturated heterocycles. The van der Waals surface area contributed by atoms with Crippen molar-refractivity contribution >= 4 is 29.1 Å². The van der Waals surface area contributed by atoms with E-state index in [1.54, 1.807) is 0 Å². The highest BCUT2D eigenvalue weighted by Gasteiger charge is 2.16. The Morgan fingerprint density at radius 3 is 2.56 bits per heavy atom. The second-order valence-corrected chi connectivity index (χ2v) is 5.06. The standard InChI is InChI=1S/C12H15Cl2FN2O/c1-6(3-12(16)18)17-7(2)8-4-11(15)10(14)5-9(8)13/h4-7,17H,3H2,1-2H3,(H2,16,18). The molecular weight excluding hydrogens is 278 g/mol. The lowest BCUT2D eigenvalue weighted by molar-refractivity contribution is -0.118. The number of hydrogen-bond acceptors (Lipinski definition) is 2. The van der Waals surface area contributed by atoms with Gasteiger partial charge in [-0.25, -0.2) is 4.39 Å². The van der Waals surface area contributed by atoms with Crippen LogP contribution in [0.15, 0.2) is 12.1 Å². The molecule has 3 N–H and O–H groups in total. The minimum Gasteiger partial charge on any atom is -0.370 e. The lowest BCUT2D eigenvalue weighted by atomic mass is 10.1. The first-order valence-electron chi connectivity index (χ1n) is 5.50. The summed E-state index contributed by atoms with van der Waals surface area (Å²) >= 11 is 11.6. The molecule has 0 spiro atoms. The van der Waals surface area contributed by atoms with Crippen LogP contribution in [-0.4, -0.2) is 11.9 Å². The Morgan fingerprint density at radius 1 is 1.39 bits per heavy atom. The first-order chi connectivity index (χ1) is 8.31. The zero-order valence-corrected chi connectivity index (χ0v) is 11.6. The topological polar surface area (TPSA) is 55.1 Å². The number of amides is 1. The fourth-order valence-corrected chi connectivity index (χ4v) is 2.29. The highest BCUT2D eigenvalue weighted by molar-refractivity contribution is 6.35. The number of nitrogens with two attached hydrogens (primary N) is 1. The molecule has 2 atom stereocenters. The van der Waals surface area contributed by atoms with Crippen LogP contribution in [0.1, 0.15) is 31.9 Å². The number of carbonyl (C=O) groups excluding carboxylic acids is 1. The van der Waals surface area contributed by atoms with E-state index in [0.29, 0.717) is 10.6 Å². The summed E-state index contributed by atoms with van der Waals surface area (Å²) < 4.78 is 13.4. The molecule has 0 bridgehead atoms. The maximum Gasteiger partial charge on any atom is 0.218 e. The predicted molar refractivity (Wildman–Crippen MR) is 71.2 cm³/mol. The highest BCUT2D eigenvalue weighted by atomic mass is 35.5. The Labute approximate surface area is 115 Å². The van der Waals surface area contributed by atoms with Crippen LogP contribution < -0.4 is 11.1 Å². The molecule has 0 fully saturated rings. The lowest BCUT2D eigenvalue weighted by Gasteiger charge is -2.20. The monoisotopic (exact) mass is 292 g/mol. The molecule has 1 aromatic rings. The SMILES string of the molecule is CC(CC(N)=O)NC(C)c1cc(F)c(Cl)cc1Cl. The molecular formula is C12H15Cl2FN2O. The Balaban J connectivity index is 2.81. The van der Waals surface area contributed by atoms with E-state index in [9.17, 15) is 9.18 Å². The van der Waals surface area contributed by atoms with Crippen LogP contribution in [-0.2, 0) is 4.79 Å². The van der Waals surface area contributed by atoms with E-state index in [2.05, 4.69) is 5.32 Å². The number of carbonyl (C=O) groups is 1. The third-order valence-electron chi connectivity index (χ3n) is 2.55. The number of benzene rings is 1. The van der Waals surface area contributed by atoms with Crippen molar-refractivity contribution in [3.63, 3.8) is 0 Å². The molecule has 18 heavy (non-hydrogen) atoms. The van der Waals surface area contributed by atoms with E-state index < -0.39 is 11.7 Å². The molecule has 1 aromatic carbocycles. The minimum atomic E-state index is -0.521. The summed E-state index contributed by atoms with van der Waals surface area (Å²) in [7, 11) is 0. The molecule has 0 saturated carbocycles. The van der Waals surface area contributed by atoms with Crippen molar-refractivity contribution in [2.24, 2.45) is 5.73 Å². The van der Waals surface area contributed by atoms with Crippen molar-refractivity contribution in [3.8, 4) is 0 Å². The van der Waals surface area contributed by atoms with Crippen molar-refractivity contribution in [2.45, 2.75) is 32.4 Å². The molecule has 3 nitrogen and oxygen atoms in total. The van der Waals surface area contributed by atoms with Crippen molar-refractivity contribution in [1.29, 1.82) is 0 Å². The molecule has 0 aliphatic heterocycles.